The summed E-state index contributed by atoms with van der Waals surface area (Å²) in [5.74, 6) is 0.115. The van der Waals surface area contributed by atoms with Gasteiger partial charge >= 0.3 is 0 Å². The van der Waals surface area contributed by atoms with Crippen molar-refractivity contribution in [3.05, 3.63) is 27.9 Å². The number of pyridine rings is 1. The highest BCUT2D eigenvalue weighted by molar-refractivity contribution is 5.56. The number of nitriles is 2. The molecule has 1 rings (SSSR count). The molecule has 0 saturated carbocycles. The van der Waals surface area contributed by atoms with Gasteiger partial charge in [-0.2, -0.15) is 10.5 Å². The van der Waals surface area contributed by atoms with Crippen molar-refractivity contribution in [2.75, 3.05) is 18.5 Å². The maximum absolute atomic E-state index is 10.6. The molecular formula is C11H11N5O2. The monoisotopic (exact) mass is 245 g/mol. The molecule has 1 aromatic heterocycles. The quantitative estimate of drug-likeness (QED) is 0.587. The van der Waals surface area contributed by atoms with Crippen LogP contribution in [0.5, 0.6) is 0 Å². The summed E-state index contributed by atoms with van der Waals surface area (Å²) in [4.78, 5) is 15.5. The van der Waals surface area contributed by atoms with Crippen LogP contribution in [0.1, 0.15) is 12.5 Å². The number of hydrogen-bond donors (Lipinski definition) is 0. The van der Waals surface area contributed by atoms with Gasteiger partial charge in [-0.05, 0) is 6.92 Å². The van der Waals surface area contributed by atoms with Gasteiger partial charge in [-0.3, -0.25) is 10.1 Å². The van der Waals surface area contributed by atoms with Crippen molar-refractivity contribution in [1.82, 2.24) is 4.98 Å². The minimum absolute atomic E-state index is 0.122. The highest BCUT2D eigenvalue weighted by Crippen LogP contribution is 2.21. The molecule has 0 aliphatic carbocycles. The van der Waals surface area contributed by atoms with Crippen LogP contribution >= 0.6 is 0 Å². The fourth-order valence-electron chi connectivity index (χ4n) is 1.47. The molecule has 1 heterocycles. The maximum atomic E-state index is 10.6. The number of rotatable bonds is 4. The fourth-order valence-corrected chi connectivity index (χ4v) is 1.47. The second kappa shape index (κ2) is 5.60. The molecule has 0 radical (unpaired) electrons. The van der Waals surface area contributed by atoms with Gasteiger partial charge in [-0.1, -0.05) is 0 Å². The van der Waals surface area contributed by atoms with Crippen molar-refractivity contribution in [2.45, 2.75) is 6.92 Å². The lowest BCUT2D eigenvalue weighted by Gasteiger charge is -2.19. The lowest BCUT2D eigenvalue weighted by Crippen LogP contribution is -2.25. The summed E-state index contributed by atoms with van der Waals surface area (Å²) in [5, 5.41) is 28.3. The Bertz CT molecular complexity index is 543. The van der Waals surface area contributed by atoms with Gasteiger partial charge in [-0.15, -0.1) is 0 Å². The third-order valence-corrected chi connectivity index (χ3v) is 2.31. The van der Waals surface area contributed by atoms with E-state index in [1.807, 2.05) is 6.07 Å². The van der Waals surface area contributed by atoms with Crippen LogP contribution < -0.4 is 4.90 Å². The minimum Gasteiger partial charge on any atom is -0.357 e. The van der Waals surface area contributed by atoms with Crippen molar-refractivity contribution >= 4 is 11.5 Å². The maximum Gasteiger partial charge on any atom is 0.289 e. The largest absolute Gasteiger partial charge is 0.357 e. The summed E-state index contributed by atoms with van der Waals surface area (Å²) in [7, 11) is 1.68. The van der Waals surface area contributed by atoms with Gasteiger partial charge < -0.3 is 4.90 Å². The van der Waals surface area contributed by atoms with Crippen molar-refractivity contribution in [3.8, 4) is 12.1 Å². The molecule has 1 unspecified atom stereocenters. The smallest absolute Gasteiger partial charge is 0.289 e. The first-order valence-corrected chi connectivity index (χ1v) is 5.15. The van der Waals surface area contributed by atoms with E-state index in [1.165, 1.54) is 6.07 Å². The molecule has 1 aromatic rings. The van der Waals surface area contributed by atoms with Crippen molar-refractivity contribution < 1.29 is 4.92 Å². The average Bonchev–Trinajstić information content (AvgIpc) is 2.37. The van der Waals surface area contributed by atoms with E-state index in [0.717, 1.165) is 6.20 Å². The molecular weight excluding hydrogens is 234 g/mol. The zero-order chi connectivity index (χ0) is 13.7. The Morgan fingerprint density at radius 2 is 2.28 bits per heavy atom. The van der Waals surface area contributed by atoms with Crippen molar-refractivity contribution in [2.24, 2.45) is 5.92 Å². The molecule has 92 valence electrons. The van der Waals surface area contributed by atoms with Gasteiger partial charge in [0.1, 0.15) is 23.6 Å². The second-order valence-electron chi connectivity index (χ2n) is 3.84. The summed E-state index contributed by atoms with van der Waals surface area (Å²) >= 11 is 0. The third-order valence-electron chi connectivity index (χ3n) is 2.31. The van der Waals surface area contributed by atoms with Crippen molar-refractivity contribution in [3.63, 3.8) is 0 Å². The highest BCUT2D eigenvalue weighted by atomic mass is 16.6. The summed E-state index contributed by atoms with van der Waals surface area (Å²) in [5.41, 5.74) is -0.103. The molecule has 0 N–H and O–H groups in total. The molecule has 0 aliphatic rings. The standard InChI is InChI=1S/C11H11N5O2/c1-8(4-12)7-15(2)11-9(5-13)3-10(6-14-11)16(17)18/h3,6,8H,7H2,1-2H3. The van der Waals surface area contributed by atoms with E-state index in [1.54, 1.807) is 18.9 Å². The number of anilines is 1. The number of hydrogen-bond acceptors (Lipinski definition) is 6. The first-order chi connectivity index (χ1) is 8.49. The normalized spacial score (nSPS) is 11.1. The number of aromatic nitrogens is 1. The van der Waals surface area contributed by atoms with E-state index in [2.05, 4.69) is 11.1 Å². The zero-order valence-corrected chi connectivity index (χ0v) is 9.99. The average molecular weight is 245 g/mol. The predicted molar refractivity (Wildman–Crippen MR) is 63.7 cm³/mol. The Morgan fingerprint density at radius 3 is 2.78 bits per heavy atom. The van der Waals surface area contributed by atoms with E-state index in [4.69, 9.17) is 10.5 Å². The van der Waals surface area contributed by atoms with Crippen LogP contribution in [0, 0.1) is 38.7 Å². The fraction of sp³-hybridized carbons (Fsp3) is 0.364. The van der Waals surface area contributed by atoms with Gasteiger partial charge in [0, 0.05) is 19.7 Å². The molecule has 0 bridgehead atoms. The topological polar surface area (TPSA) is 107 Å². The molecule has 7 nitrogen and oxygen atoms in total. The Labute approximate surface area is 104 Å². The van der Waals surface area contributed by atoms with Crippen LogP contribution in [0.4, 0.5) is 11.5 Å². The first-order valence-electron chi connectivity index (χ1n) is 5.15. The van der Waals surface area contributed by atoms with Gasteiger partial charge in [0.05, 0.1) is 16.9 Å². The molecule has 0 aliphatic heterocycles. The van der Waals surface area contributed by atoms with E-state index in [0.29, 0.717) is 12.4 Å². The SMILES string of the molecule is CC(C#N)CN(C)c1ncc([N+](=O)[O-])cc1C#N. The minimum atomic E-state index is -0.602. The lowest BCUT2D eigenvalue weighted by molar-refractivity contribution is -0.385. The highest BCUT2D eigenvalue weighted by Gasteiger charge is 2.16. The summed E-state index contributed by atoms with van der Waals surface area (Å²) in [6.45, 7) is 2.14. The molecule has 0 amide bonds. The summed E-state index contributed by atoms with van der Waals surface area (Å²) in [6, 6.07) is 5.12. The van der Waals surface area contributed by atoms with E-state index >= 15 is 0 Å². The molecule has 0 fully saturated rings. The predicted octanol–water partition coefficient (Wildman–Crippen LogP) is 1.46. The van der Waals surface area contributed by atoms with Crippen LogP contribution in [0.3, 0.4) is 0 Å². The van der Waals surface area contributed by atoms with E-state index in [-0.39, 0.29) is 17.2 Å². The van der Waals surface area contributed by atoms with Crippen LogP contribution in [0.2, 0.25) is 0 Å². The van der Waals surface area contributed by atoms with Gasteiger partial charge in [0.15, 0.2) is 0 Å². The zero-order valence-electron chi connectivity index (χ0n) is 9.99. The Morgan fingerprint density at radius 1 is 1.61 bits per heavy atom. The van der Waals surface area contributed by atoms with E-state index < -0.39 is 4.92 Å². The van der Waals surface area contributed by atoms with E-state index in [9.17, 15) is 10.1 Å². The van der Waals surface area contributed by atoms with Crippen LogP contribution in [-0.4, -0.2) is 23.5 Å². The lowest BCUT2D eigenvalue weighted by atomic mass is 10.2. The molecule has 0 spiro atoms. The Kier molecular flexibility index (Phi) is 4.16. The second-order valence-corrected chi connectivity index (χ2v) is 3.84. The van der Waals surface area contributed by atoms with Crippen LogP contribution in [0.25, 0.3) is 0 Å². The molecule has 0 aromatic carbocycles. The summed E-state index contributed by atoms with van der Waals surface area (Å²) in [6.07, 6.45) is 1.10. The van der Waals surface area contributed by atoms with Gasteiger partial charge in [0.25, 0.3) is 5.69 Å². The molecule has 1 atom stereocenters. The van der Waals surface area contributed by atoms with Crippen molar-refractivity contribution in [1.29, 1.82) is 10.5 Å². The number of nitro groups is 1. The Balaban J connectivity index is 3.07. The third kappa shape index (κ3) is 2.92. The van der Waals surface area contributed by atoms with Crippen LogP contribution in [0.15, 0.2) is 12.3 Å². The van der Waals surface area contributed by atoms with Gasteiger partial charge in [0.2, 0.25) is 0 Å². The summed E-state index contributed by atoms with van der Waals surface area (Å²) < 4.78 is 0. The van der Waals surface area contributed by atoms with Crippen LogP contribution in [-0.2, 0) is 0 Å². The molecule has 18 heavy (non-hydrogen) atoms. The van der Waals surface area contributed by atoms with Gasteiger partial charge in [-0.25, -0.2) is 4.98 Å². The molecule has 0 saturated heterocycles. The number of nitrogens with zero attached hydrogens (tertiary/aromatic N) is 5. The Hall–Kier alpha value is -2.67. The molecule has 7 heteroatoms. The first kappa shape index (κ1) is 13.4.